The van der Waals surface area contributed by atoms with Gasteiger partial charge in [-0.3, -0.25) is 10.1 Å². The van der Waals surface area contributed by atoms with Gasteiger partial charge in [-0.1, -0.05) is 11.3 Å². The van der Waals surface area contributed by atoms with Crippen molar-refractivity contribution in [2.24, 2.45) is 0 Å². The zero-order valence-electron chi connectivity index (χ0n) is 15.1. The summed E-state index contributed by atoms with van der Waals surface area (Å²) in [5, 5.41) is 10.6. The molecule has 1 aromatic heterocycles. The van der Waals surface area contributed by atoms with Gasteiger partial charge in [-0.2, -0.15) is 4.57 Å². The molecule has 1 heterocycles. The van der Waals surface area contributed by atoms with Crippen LogP contribution < -0.4 is 4.57 Å². The number of halogens is 1. The maximum atomic E-state index is 13.0. The summed E-state index contributed by atoms with van der Waals surface area (Å²) in [5.41, 5.74) is 4.27. The minimum Gasteiger partial charge on any atom is -0.462 e. The number of non-ortho nitro benzene ring substituents is 1. The number of thiazole rings is 1. The highest BCUT2D eigenvalue weighted by atomic mass is 32.1. The van der Waals surface area contributed by atoms with E-state index < -0.39 is 10.9 Å². The maximum absolute atomic E-state index is 13.0. The molecule has 3 aromatic rings. The van der Waals surface area contributed by atoms with Gasteiger partial charge in [-0.05, 0) is 36.4 Å². The van der Waals surface area contributed by atoms with Gasteiger partial charge in [0, 0.05) is 31.0 Å². The highest BCUT2D eigenvalue weighted by molar-refractivity contribution is 7.09. The van der Waals surface area contributed by atoms with E-state index in [0.29, 0.717) is 13.0 Å². The Balaban J connectivity index is 1.54. The van der Waals surface area contributed by atoms with Gasteiger partial charge in [0.05, 0.1) is 22.0 Å². The number of rotatable bonds is 7. The van der Waals surface area contributed by atoms with Crippen LogP contribution >= 0.6 is 11.3 Å². The smallest absolute Gasteiger partial charge is 0.338 e. The lowest BCUT2D eigenvalue weighted by Gasteiger charge is -2.04. The molecule has 3 rings (SSSR count). The summed E-state index contributed by atoms with van der Waals surface area (Å²) in [5.74, 6) is -0.769. The summed E-state index contributed by atoms with van der Waals surface area (Å²) in [6.45, 7) is 2.85. The molecule has 0 amide bonds. The third kappa shape index (κ3) is 4.77. The lowest BCUT2D eigenvalue weighted by atomic mass is 10.2. The average Bonchev–Trinajstić information content (AvgIpc) is 3.03. The number of ether oxygens (including phenoxy) is 1. The number of carbonyl (C=O) groups excluding carboxylic acids is 1. The molecule has 0 spiro atoms. The fourth-order valence-corrected chi connectivity index (χ4v) is 3.65. The number of hydrogen-bond donors (Lipinski definition) is 0. The van der Waals surface area contributed by atoms with Gasteiger partial charge in [-0.25, -0.2) is 9.18 Å². The van der Waals surface area contributed by atoms with Gasteiger partial charge in [0.25, 0.3) is 5.69 Å². The van der Waals surface area contributed by atoms with Crippen molar-refractivity contribution in [1.82, 2.24) is 0 Å². The van der Waals surface area contributed by atoms with Crippen molar-refractivity contribution < 1.29 is 23.4 Å². The number of hydrogen-bond acceptors (Lipinski definition) is 5. The first-order valence-electron chi connectivity index (χ1n) is 8.56. The molecule has 0 aliphatic heterocycles. The molecular formula is C20H18FN2O4S+. The number of nitro groups is 1. The van der Waals surface area contributed by atoms with E-state index in [1.54, 1.807) is 23.5 Å². The first-order chi connectivity index (χ1) is 13.4. The Labute approximate surface area is 165 Å². The Kier molecular flexibility index (Phi) is 6.10. The Morgan fingerprint density at radius 1 is 1.18 bits per heavy atom. The van der Waals surface area contributed by atoms with Crippen LogP contribution in [-0.4, -0.2) is 17.5 Å². The molecule has 0 aliphatic carbocycles. The van der Waals surface area contributed by atoms with Crippen molar-refractivity contribution in [3.63, 3.8) is 0 Å². The molecule has 0 aliphatic rings. The van der Waals surface area contributed by atoms with E-state index in [1.807, 2.05) is 12.4 Å². The van der Waals surface area contributed by atoms with Crippen molar-refractivity contribution in [3.05, 3.63) is 91.7 Å². The molecule has 2 aromatic carbocycles. The second-order valence-corrected chi connectivity index (χ2v) is 7.12. The van der Waals surface area contributed by atoms with Gasteiger partial charge in [0.15, 0.2) is 12.2 Å². The van der Waals surface area contributed by atoms with E-state index in [-0.39, 0.29) is 23.7 Å². The second-order valence-electron chi connectivity index (χ2n) is 6.18. The fourth-order valence-electron chi connectivity index (χ4n) is 2.67. The molecule has 0 fully saturated rings. The summed E-state index contributed by atoms with van der Waals surface area (Å²) in [6, 6.07) is 11.7. The molecule has 0 saturated heterocycles. The number of aromatic nitrogens is 1. The van der Waals surface area contributed by atoms with Crippen molar-refractivity contribution in [2.75, 3.05) is 6.61 Å². The molecule has 0 saturated carbocycles. The SMILES string of the molecule is Cc1c(CCOC(=O)c2ccc([N+](=O)[O-])cc2)sc[n+]1Cc1ccc(F)cc1. The fraction of sp³-hybridized carbons (Fsp3) is 0.200. The molecule has 0 unspecified atom stereocenters. The van der Waals surface area contributed by atoms with Gasteiger partial charge < -0.3 is 4.74 Å². The first-order valence-corrected chi connectivity index (χ1v) is 9.44. The normalized spacial score (nSPS) is 10.6. The third-order valence-corrected chi connectivity index (χ3v) is 5.44. The first kappa shape index (κ1) is 19.6. The predicted octanol–water partition coefficient (Wildman–Crippen LogP) is 3.84. The van der Waals surface area contributed by atoms with Crippen LogP contribution in [0.3, 0.4) is 0 Å². The standard InChI is InChI=1S/C20H18FN2O4S/c1-14-19(28-13-22(14)12-15-2-6-17(21)7-3-15)10-11-27-20(24)16-4-8-18(9-5-16)23(25)26/h2-9,13H,10-12H2,1H3/q+1. The Bertz CT molecular complexity index is 984. The van der Waals surface area contributed by atoms with Crippen molar-refractivity contribution >= 4 is 23.0 Å². The zero-order chi connectivity index (χ0) is 20.1. The van der Waals surface area contributed by atoms with E-state index >= 15 is 0 Å². The van der Waals surface area contributed by atoms with Gasteiger partial charge in [0.2, 0.25) is 5.51 Å². The molecule has 8 heteroatoms. The third-order valence-electron chi connectivity index (χ3n) is 4.30. The molecule has 6 nitrogen and oxygen atoms in total. The topological polar surface area (TPSA) is 73.3 Å². The van der Waals surface area contributed by atoms with E-state index in [4.69, 9.17) is 4.74 Å². The monoisotopic (exact) mass is 401 g/mol. The molecule has 0 radical (unpaired) electrons. The molecule has 28 heavy (non-hydrogen) atoms. The summed E-state index contributed by atoms with van der Waals surface area (Å²) >= 11 is 1.57. The minimum absolute atomic E-state index is 0.0727. The van der Waals surface area contributed by atoms with E-state index in [9.17, 15) is 19.3 Å². The lowest BCUT2D eigenvalue weighted by Crippen LogP contribution is -2.35. The number of carbonyl (C=O) groups is 1. The van der Waals surface area contributed by atoms with Gasteiger partial charge in [0.1, 0.15) is 5.82 Å². The number of nitrogens with zero attached hydrogens (tertiary/aromatic N) is 2. The van der Waals surface area contributed by atoms with Crippen molar-refractivity contribution in [2.45, 2.75) is 19.9 Å². The van der Waals surface area contributed by atoms with Crippen LogP contribution in [0.5, 0.6) is 0 Å². The van der Waals surface area contributed by atoms with Crippen molar-refractivity contribution in [3.8, 4) is 0 Å². The summed E-state index contributed by atoms with van der Waals surface area (Å²) in [4.78, 5) is 23.3. The molecule has 144 valence electrons. The second kappa shape index (κ2) is 8.71. The maximum Gasteiger partial charge on any atom is 0.338 e. The van der Waals surface area contributed by atoms with E-state index in [0.717, 1.165) is 16.1 Å². The zero-order valence-corrected chi connectivity index (χ0v) is 15.9. The van der Waals surface area contributed by atoms with Crippen LogP contribution in [0.4, 0.5) is 10.1 Å². The van der Waals surface area contributed by atoms with E-state index in [1.165, 1.54) is 36.4 Å². The van der Waals surface area contributed by atoms with Gasteiger partial charge in [-0.15, -0.1) is 0 Å². The largest absolute Gasteiger partial charge is 0.462 e. The highest BCUT2D eigenvalue weighted by Gasteiger charge is 2.17. The number of nitro benzene ring substituents is 1. The summed E-state index contributed by atoms with van der Waals surface area (Å²) < 4.78 is 20.4. The van der Waals surface area contributed by atoms with Crippen LogP contribution in [0.2, 0.25) is 0 Å². The predicted molar refractivity (Wildman–Crippen MR) is 102 cm³/mol. The molecule has 0 N–H and O–H groups in total. The summed E-state index contributed by atoms with van der Waals surface area (Å²) in [7, 11) is 0. The molecular weight excluding hydrogens is 383 g/mol. The highest BCUT2D eigenvalue weighted by Crippen LogP contribution is 2.15. The van der Waals surface area contributed by atoms with Crippen LogP contribution in [-0.2, 0) is 17.7 Å². The minimum atomic E-state index is -0.518. The average molecular weight is 401 g/mol. The van der Waals surface area contributed by atoms with Crippen LogP contribution in [0.25, 0.3) is 0 Å². The lowest BCUT2D eigenvalue weighted by molar-refractivity contribution is -0.689. The van der Waals surface area contributed by atoms with Crippen LogP contribution in [0.15, 0.2) is 54.0 Å². The van der Waals surface area contributed by atoms with Gasteiger partial charge >= 0.3 is 5.97 Å². The number of esters is 1. The van der Waals surface area contributed by atoms with Crippen LogP contribution in [0, 0.1) is 22.9 Å². The van der Waals surface area contributed by atoms with E-state index in [2.05, 4.69) is 4.57 Å². The Hall–Kier alpha value is -3.13. The quantitative estimate of drug-likeness (QED) is 0.261. The summed E-state index contributed by atoms with van der Waals surface area (Å²) in [6.07, 6.45) is 0.575. The Morgan fingerprint density at radius 2 is 1.86 bits per heavy atom. The van der Waals surface area contributed by atoms with Crippen molar-refractivity contribution in [1.29, 1.82) is 0 Å². The Morgan fingerprint density at radius 3 is 2.50 bits per heavy atom. The number of benzene rings is 2. The molecule has 0 bridgehead atoms. The molecule has 0 atom stereocenters. The van der Waals surface area contributed by atoms with Crippen LogP contribution in [0.1, 0.15) is 26.5 Å².